The van der Waals surface area contributed by atoms with E-state index in [1.165, 1.54) is 72.3 Å². The molecular formula is C55H57BN2O. The minimum absolute atomic E-state index is 0.0349. The van der Waals surface area contributed by atoms with Gasteiger partial charge in [-0.2, -0.15) is 0 Å². The highest BCUT2D eigenvalue weighted by atomic mass is 16.3. The van der Waals surface area contributed by atoms with Gasteiger partial charge in [0.1, 0.15) is 5.58 Å². The van der Waals surface area contributed by atoms with Gasteiger partial charge in [0.15, 0.2) is 0 Å². The molecule has 1 aliphatic carbocycles. The van der Waals surface area contributed by atoms with Gasteiger partial charge in [0.2, 0.25) is 0 Å². The fourth-order valence-electron chi connectivity index (χ4n) is 10.3. The van der Waals surface area contributed by atoms with Crippen LogP contribution in [0.25, 0.3) is 22.1 Å². The number of benzene rings is 6. The van der Waals surface area contributed by atoms with Gasteiger partial charge in [-0.1, -0.05) is 142 Å². The van der Waals surface area contributed by atoms with Crippen LogP contribution in [0, 0.1) is 6.92 Å². The predicted molar refractivity (Wildman–Crippen MR) is 253 cm³/mol. The minimum atomic E-state index is -0.108. The van der Waals surface area contributed by atoms with Crippen molar-refractivity contribution in [1.29, 1.82) is 0 Å². The Morgan fingerprint density at radius 1 is 0.576 bits per heavy atom. The fourth-order valence-corrected chi connectivity index (χ4v) is 10.3. The number of hydrogen-bond acceptors (Lipinski definition) is 3. The molecule has 6 aromatic carbocycles. The van der Waals surface area contributed by atoms with Gasteiger partial charge in [0.25, 0.3) is 6.71 Å². The van der Waals surface area contributed by atoms with Crippen LogP contribution in [-0.4, -0.2) is 6.71 Å². The summed E-state index contributed by atoms with van der Waals surface area (Å²) in [4.78, 5) is 5.09. The Morgan fingerprint density at radius 3 is 1.83 bits per heavy atom. The van der Waals surface area contributed by atoms with Crippen molar-refractivity contribution in [3.63, 3.8) is 0 Å². The van der Waals surface area contributed by atoms with Crippen LogP contribution in [-0.2, 0) is 21.7 Å². The Kier molecular flexibility index (Phi) is 8.17. The monoisotopic (exact) mass is 772 g/mol. The van der Waals surface area contributed by atoms with E-state index >= 15 is 0 Å². The first-order chi connectivity index (χ1) is 27.9. The molecule has 7 aromatic rings. The second-order valence-electron chi connectivity index (χ2n) is 21.0. The molecule has 0 atom stereocenters. The molecular weight excluding hydrogens is 715 g/mol. The number of nitrogens with zero attached hydrogens (tertiary/aromatic N) is 2. The van der Waals surface area contributed by atoms with Crippen molar-refractivity contribution in [1.82, 2.24) is 0 Å². The summed E-state index contributed by atoms with van der Waals surface area (Å²) in [6.45, 7) is 25.7. The molecule has 10 rings (SSSR count). The number of para-hydroxylation sites is 1. The van der Waals surface area contributed by atoms with Gasteiger partial charge in [-0.15, -0.1) is 0 Å². The molecule has 0 N–H and O–H groups in total. The average molecular weight is 773 g/mol. The SMILES string of the molecule is Cc1cc2c3c(c1)N(c1ccccc1-c1ccccc1)c1c(oc4cc5c(cc14)C(C)(C)CCC5(C)C)B3c1cc(C(C)(C)C)ccc1N2c1ccc(C(C)(C)C)cc1. The molecule has 1 aromatic heterocycles. The summed E-state index contributed by atoms with van der Waals surface area (Å²) >= 11 is 0. The lowest BCUT2D eigenvalue weighted by atomic mass is 9.35. The van der Waals surface area contributed by atoms with E-state index in [9.17, 15) is 0 Å². The molecule has 0 bridgehead atoms. The third kappa shape index (κ3) is 5.84. The van der Waals surface area contributed by atoms with Crippen molar-refractivity contribution >= 4 is 68.4 Å². The topological polar surface area (TPSA) is 19.6 Å². The van der Waals surface area contributed by atoms with Crippen LogP contribution in [0.15, 0.2) is 126 Å². The maximum atomic E-state index is 7.51. The van der Waals surface area contributed by atoms with E-state index < -0.39 is 0 Å². The van der Waals surface area contributed by atoms with E-state index in [-0.39, 0.29) is 28.4 Å². The third-order valence-electron chi connectivity index (χ3n) is 13.9. The molecule has 59 heavy (non-hydrogen) atoms. The Balaban J connectivity index is 1.34. The van der Waals surface area contributed by atoms with Crippen LogP contribution >= 0.6 is 0 Å². The van der Waals surface area contributed by atoms with E-state index in [1.54, 1.807) is 0 Å². The molecule has 0 saturated carbocycles. The Bertz CT molecular complexity index is 2810. The highest BCUT2D eigenvalue weighted by Crippen LogP contribution is 2.52. The number of aryl methyl sites for hydroxylation is 1. The quantitative estimate of drug-likeness (QED) is 0.167. The Hall–Kier alpha value is -5.48. The number of fused-ring (bicyclic) bond motifs is 7. The summed E-state index contributed by atoms with van der Waals surface area (Å²) in [7, 11) is 0. The van der Waals surface area contributed by atoms with Gasteiger partial charge in [-0.3, -0.25) is 0 Å². The molecule has 0 amide bonds. The van der Waals surface area contributed by atoms with E-state index in [4.69, 9.17) is 4.42 Å². The maximum absolute atomic E-state index is 7.51. The lowest BCUT2D eigenvalue weighted by Gasteiger charge is -2.43. The molecule has 2 aliphatic heterocycles. The van der Waals surface area contributed by atoms with Crippen molar-refractivity contribution < 1.29 is 4.42 Å². The number of anilines is 6. The van der Waals surface area contributed by atoms with Crippen LogP contribution in [0.5, 0.6) is 0 Å². The molecule has 0 saturated heterocycles. The lowest BCUT2D eigenvalue weighted by molar-refractivity contribution is 0.332. The van der Waals surface area contributed by atoms with E-state index in [1.807, 2.05) is 0 Å². The second-order valence-corrected chi connectivity index (χ2v) is 21.0. The van der Waals surface area contributed by atoms with Gasteiger partial charge >= 0.3 is 0 Å². The first-order valence-electron chi connectivity index (χ1n) is 21.7. The highest BCUT2D eigenvalue weighted by Gasteiger charge is 2.48. The molecule has 3 nitrogen and oxygen atoms in total. The Morgan fingerprint density at radius 2 is 1.17 bits per heavy atom. The predicted octanol–water partition coefficient (Wildman–Crippen LogP) is 13.4. The smallest absolute Gasteiger partial charge is 0.297 e. The fraction of sp³-hybridized carbons (Fsp3) is 0.309. The normalized spacial score (nSPS) is 16.4. The van der Waals surface area contributed by atoms with Crippen molar-refractivity contribution in [3.05, 3.63) is 149 Å². The molecule has 0 spiro atoms. The van der Waals surface area contributed by atoms with Gasteiger partial charge in [-0.05, 0) is 134 Å². The largest absolute Gasteiger partial charge is 0.468 e. The maximum Gasteiger partial charge on any atom is 0.297 e. The number of hydrogen-bond donors (Lipinski definition) is 0. The zero-order chi connectivity index (χ0) is 41.4. The Labute approximate surface area is 352 Å². The van der Waals surface area contributed by atoms with Gasteiger partial charge in [-0.25, -0.2) is 0 Å². The van der Waals surface area contributed by atoms with Crippen LogP contribution in [0.3, 0.4) is 0 Å². The van der Waals surface area contributed by atoms with Crippen LogP contribution in [0.4, 0.5) is 34.1 Å². The molecule has 3 heterocycles. The third-order valence-corrected chi connectivity index (χ3v) is 13.9. The molecule has 296 valence electrons. The summed E-state index contributed by atoms with van der Waals surface area (Å²) in [5, 5.41) is 1.19. The van der Waals surface area contributed by atoms with E-state index in [0.29, 0.717) is 0 Å². The van der Waals surface area contributed by atoms with Gasteiger partial charge < -0.3 is 14.2 Å². The summed E-state index contributed by atoms with van der Waals surface area (Å²) in [6, 6.07) is 46.1. The van der Waals surface area contributed by atoms with Crippen molar-refractivity contribution in [2.45, 2.75) is 111 Å². The molecule has 0 radical (unpaired) electrons. The van der Waals surface area contributed by atoms with Crippen LogP contribution in [0.2, 0.25) is 0 Å². The van der Waals surface area contributed by atoms with Crippen molar-refractivity contribution in [2.75, 3.05) is 9.80 Å². The summed E-state index contributed by atoms with van der Waals surface area (Å²) < 4.78 is 7.51. The first-order valence-corrected chi connectivity index (χ1v) is 21.7. The molecule has 0 unspecified atom stereocenters. The van der Waals surface area contributed by atoms with Gasteiger partial charge in [0, 0.05) is 33.7 Å². The van der Waals surface area contributed by atoms with Crippen LogP contribution in [0.1, 0.15) is 110 Å². The van der Waals surface area contributed by atoms with E-state index in [2.05, 4.69) is 207 Å². The molecule has 4 heteroatoms. The summed E-state index contributed by atoms with van der Waals surface area (Å²) in [6.07, 6.45) is 2.31. The van der Waals surface area contributed by atoms with Gasteiger partial charge in [0.05, 0.1) is 17.0 Å². The average Bonchev–Trinajstić information content (AvgIpc) is 3.57. The number of furan rings is 1. The summed E-state index contributed by atoms with van der Waals surface area (Å²) in [5.74, 6) is 0. The minimum Gasteiger partial charge on any atom is -0.468 e. The number of rotatable bonds is 3. The molecule has 3 aliphatic rings. The molecule has 0 fully saturated rings. The zero-order valence-electron chi connectivity index (χ0n) is 36.8. The zero-order valence-corrected chi connectivity index (χ0v) is 36.8. The first kappa shape index (κ1) is 37.8. The van der Waals surface area contributed by atoms with Crippen LogP contribution < -0.4 is 26.4 Å². The second kappa shape index (κ2) is 12.8. The standard InChI is InChI=1S/C55H57BN2O/c1-34-29-46-49-47(30-34)58(44-20-16-15-19-39(44)35-17-13-12-14-18-35)50-40-32-41-42(55(10,11)28-27-54(41,8)9)33-48(40)59-51(50)56(49)43-31-37(53(5,6)7)23-26-45(43)57(46)38-24-21-36(22-25-38)52(2,3)4/h12-26,29-33H,27-28H2,1-11H3. The highest BCUT2D eigenvalue weighted by molar-refractivity contribution is 7.00. The lowest BCUT2D eigenvalue weighted by Crippen LogP contribution is -2.61. The van der Waals surface area contributed by atoms with Crippen molar-refractivity contribution in [2.24, 2.45) is 0 Å². The van der Waals surface area contributed by atoms with E-state index in [0.717, 1.165) is 41.1 Å². The summed E-state index contributed by atoms with van der Waals surface area (Å²) in [5.41, 5.74) is 20.9. The van der Waals surface area contributed by atoms with Crippen molar-refractivity contribution in [3.8, 4) is 11.1 Å².